The van der Waals surface area contributed by atoms with Gasteiger partial charge in [0.15, 0.2) is 0 Å². The number of likely N-dealkylation sites (N-methyl/N-ethyl adjacent to an activating group) is 1. The van der Waals surface area contributed by atoms with Crippen LogP contribution in [0.1, 0.15) is 5.69 Å². The van der Waals surface area contributed by atoms with Crippen LogP contribution in [0.2, 0.25) is 0 Å². The molecule has 1 fully saturated rings. The molecule has 0 bridgehead atoms. The topological polar surface area (TPSA) is 62.7 Å². The van der Waals surface area contributed by atoms with Gasteiger partial charge in [-0.25, -0.2) is 4.98 Å². The number of nitrogens with zero attached hydrogens (tertiary/aromatic N) is 5. The molecule has 0 spiro atoms. The molecule has 0 aliphatic carbocycles. The van der Waals surface area contributed by atoms with Crippen LogP contribution < -0.4 is 5.73 Å². The first kappa shape index (κ1) is 15.1. The maximum Gasteiger partial charge on any atom is 0.137 e. The largest absolute Gasteiger partial charge is 0.398 e. The quantitative estimate of drug-likeness (QED) is 0.795. The molecule has 0 atom stereocenters. The summed E-state index contributed by atoms with van der Waals surface area (Å²) in [6, 6.07) is 9.80. The van der Waals surface area contributed by atoms with Crippen molar-refractivity contribution in [2.24, 2.45) is 0 Å². The molecule has 4 heterocycles. The molecule has 6 heteroatoms. The van der Waals surface area contributed by atoms with Crippen LogP contribution in [0, 0.1) is 0 Å². The highest BCUT2D eigenvalue weighted by atomic mass is 15.3. The summed E-state index contributed by atoms with van der Waals surface area (Å²) in [5.74, 6) is 0. The minimum Gasteiger partial charge on any atom is -0.398 e. The minimum absolute atomic E-state index is 0.743. The van der Waals surface area contributed by atoms with Gasteiger partial charge in [-0.15, -0.1) is 0 Å². The zero-order chi connectivity index (χ0) is 16.5. The Labute approximate surface area is 141 Å². The Morgan fingerprint density at radius 1 is 1.08 bits per heavy atom. The number of aromatic nitrogens is 3. The second-order valence-corrected chi connectivity index (χ2v) is 6.39. The Morgan fingerprint density at radius 3 is 2.67 bits per heavy atom. The number of hydrogen-bond acceptors (Lipinski definition) is 5. The molecular weight excluding hydrogens is 300 g/mol. The Balaban J connectivity index is 1.77. The number of nitrogens with two attached hydrogens (primary N) is 1. The molecule has 124 valence electrons. The maximum absolute atomic E-state index is 6.01. The van der Waals surface area contributed by atoms with Crippen LogP contribution in [0.4, 0.5) is 5.69 Å². The van der Waals surface area contributed by atoms with Gasteiger partial charge in [0.2, 0.25) is 0 Å². The fourth-order valence-electron chi connectivity index (χ4n) is 3.19. The summed E-state index contributed by atoms with van der Waals surface area (Å²) in [7, 11) is 2.17. The molecule has 6 nitrogen and oxygen atoms in total. The average molecular weight is 322 g/mol. The lowest BCUT2D eigenvalue weighted by Crippen LogP contribution is -2.44. The van der Waals surface area contributed by atoms with Crippen molar-refractivity contribution >= 4 is 11.3 Å². The summed E-state index contributed by atoms with van der Waals surface area (Å²) in [5, 5.41) is 0. The first-order valence-corrected chi connectivity index (χ1v) is 8.29. The normalized spacial score (nSPS) is 16.7. The molecule has 0 saturated carbocycles. The predicted molar refractivity (Wildman–Crippen MR) is 95.6 cm³/mol. The van der Waals surface area contributed by atoms with Crippen LogP contribution in [-0.2, 0) is 6.54 Å². The minimum atomic E-state index is 0.743. The standard InChI is InChI=1S/C18H22N6/c1-22-8-10-23(11-9-22)13-16-18(15-4-2-3-7-20-15)21-17-6-5-14(19)12-24(16)17/h2-7,12H,8-11,13,19H2,1H3. The van der Waals surface area contributed by atoms with Crippen molar-refractivity contribution in [1.82, 2.24) is 24.2 Å². The Morgan fingerprint density at radius 2 is 1.92 bits per heavy atom. The van der Waals surface area contributed by atoms with Crippen molar-refractivity contribution in [3.8, 4) is 11.4 Å². The summed E-state index contributed by atoms with van der Waals surface area (Å²) in [5.41, 5.74) is 10.7. The molecule has 1 aliphatic heterocycles. The number of fused-ring (bicyclic) bond motifs is 1. The van der Waals surface area contributed by atoms with Gasteiger partial charge in [0.1, 0.15) is 11.3 Å². The third kappa shape index (κ3) is 2.86. The van der Waals surface area contributed by atoms with Gasteiger partial charge in [-0.2, -0.15) is 0 Å². The molecule has 3 aromatic rings. The summed E-state index contributed by atoms with van der Waals surface area (Å²) in [4.78, 5) is 14.1. The molecule has 1 saturated heterocycles. The fraction of sp³-hybridized carbons (Fsp3) is 0.333. The van der Waals surface area contributed by atoms with Crippen molar-refractivity contribution in [3.63, 3.8) is 0 Å². The third-order valence-electron chi connectivity index (χ3n) is 4.62. The van der Waals surface area contributed by atoms with Gasteiger partial charge in [-0.3, -0.25) is 14.3 Å². The SMILES string of the molecule is CN1CCN(Cc2c(-c3ccccn3)nc3ccc(N)cn23)CC1. The first-order valence-electron chi connectivity index (χ1n) is 8.29. The number of rotatable bonds is 3. The van der Waals surface area contributed by atoms with Crippen LogP contribution in [-0.4, -0.2) is 57.4 Å². The van der Waals surface area contributed by atoms with E-state index in [9.17, 15) is 0 Å². The van der Waals surface area contributed by atoms with E-state index in [4.69, 9.17) is 10.7 Å². The predicted octanol–water partition coefficient (Wildman–Crippen LogP) is 1.73. The Kier molecular flexibility index (Phi) is 3.92. The first-order chi connectivity index (χ1) is 11.7. The monoisotopic (exact) mass is 322 g/mol. The van der Waals surface area contributed by atoms with E-state index in [1.807, 2.05) is 42.7 Å². The molecular formula is C18H22N6. The molecule has 0 unspecified atom stereocenters. The Hall–Kier alpha value is -2.44. The molecule has 0 radical (unpaired) electrons. The smallest absolute Gasteiger partial charge is 0.137 e. The number of hydrogen-bond donors (Lipinski definition) is 1. The number of anilines is 1. The van der Waals surface area contributed by atoms with E-state index < -0.39 is 0 Å². The molecule has 1 aliphatic rings. The van der Waals surface area contributed by atoms with Crippen LogP contribution in [0.15, 0.2) is 42.7 Å². The van der Waals surface area contributed by atoms with E-state index in [-0.39, 0.29) is 0 Å². The van der Waals surface area contributed by atoms with Crippen molar-refractivity contribution < 1.29 is 0 Å². The van der Waals surface area contributed by atoms with Gasteiger partial charge in [0.25, 0.3) is 0 Å². The molecule has 4 rings (SSSR count). The maximum atomic E-state index is 6.01. The number of piperazine rings is 1. The van der Waals surface area contributed by atoms with Gasteiger partial charge in [0, 0.05) is 50.8 Å². The highest BCUT2D eigenvalue weighted by Gasteiger charge is 2.20. The highest BCUT2D eigenvalue weighted by Crippen LogP contribution is 2.25. The summed E-state index contributed by atoms with van der Waals surface area (Å²) in [6.45, 7) is 5.17. The molecule has 3 aromatic heterocycles. The van der Waals surface area contributed by atoms with Crippen molar-refractivity contribution in [2.75, 3.05) is 39.0 Å². The van der Waals surface area contributed by atoms with E-state index in [1.165, 1.54) is 0 Å². The second-order valence-electron chi connectivity index (χ2n) is 6.39. The van der Waals surface area contributed by atoms with Crippen LogP contribution in [0.5, 0.6) is 0 Å². The zero-order valence-corrected chi connectivity index (χ0v) is 13.9. The van der Waals surface area contributed by atoms with Gasteiger partial charge >= 0.3 is 0 Å². The van der Waals surface area contributed by atoms with E-state index in [0.29, 0.717) is 0 Å². The van der Waals surface area contributed by atoms with Crippen molar-refractivity contribution in [3.05, 3.63) is 48.4 Å². The summed E-state index contributed by atoms with van der Waals surface area (Å²) < 4.78 is 2.11. The van der Waals surface area contributed by atoms with E-state index >= 15 is 0 Å². The van der Waals surface area contributed by atoms with Crippen LogP contribution >= 0.6 is 0 Å². The number of imidazole rings is 1. The molecule has 24 heavy (non-hydrogen) atoms. The number of pyridine rings is 2. The second kappa shape index (κ2) is 6.22. The van der Waals surface area contributed by atoms with Crippen LogP contribution in [0.25, 0.3) is 17.0 Å². The van der Waals surface area contributed by atoms with Gasteiger partial charge < -0.3 is 10.6 Å². The Bertz CT molecular complexity index is 833. The molecule has 0 amide bonds. The van der Waals surface area contributed by atoms with Crippen LogP contribution in [0.3, 0.4) is 0 Å². The lowest BCUT2D eigenvalue weighted by atomic mass is 10.2. The van der Waals surface area contributed by atoms with E-state index in [2.05, 4.69) is 26.2 Å². The fourth-order valence-corrected chi connectivity index (χ4v) is 3.19. The highest BCUT2D eigenvalue weighted by molar-refractivity contribution is 5.64. The zero-order valence-electron chi connectivity index (χ0n) is 13.9. The van der Waals surface area contributed by atoms with Gasteiger partial charge in [0.05, 0.1) is 11.4 Å². The lowest BCUT2D eigenvalue weighted by molar-refractivity contribution is 0.147. The van der Waals surface area contributed by atoms with E-state index in [1.54, 1.807) is 0 Å². The molecule has 2 N–H and O–H groups in total. The van der Waals surface area contributed by atoms with E-state index in [0.717, 1.165) is 61.1 Å². The van der Waals surface area contributed by atoms with Gasteiger partial charge in [-0.1, -0.05) is 6.07 Å². The average Bonchev–Trinajstić information content (AvgIpc) is 2.95. The summed E-state index contributed by atoms with van der Waals surface area (Å²) in [6.07, 6.45) is 3.77. The van der Waals surface area contributed by atoms with Crippen molar-refractivity contribution in [1.29, 1.82) is 0 Å². The summed E-state index contributed by atoms with van der Waals surface area (Å²) >= 11 is 0. The number of nitrogen functional groups attached to an aromatic ring is 1. The van der Waals surface area contributed by atoms with Gasteiger partial charge in [-0.05, 0) is 31.3 Å². The van der Waals surface area contributed by atoms with Crippen molar-refractivity contribution in [2.45, 2.75) is 6.54 Å². The third-order valence-corrected chi connectivity index (χ3v) is 4.62. The lowest BCUT2D eigenvalue weighted by Gasteiger charge is -2.32. The molecule has 0 aromatic carbocycles.